The van der Waals surface area contributed by atoms with Crippen LogP contribution in [0.4, 0.5) is 4.39 Å². The van der Waals surface area contributed by atoms with E-state index < -0.39 is 6.08 Å². The highest BCUT2D eigenvalue weighted by atomic mass is 19.1. The van der Waals surface area contributed by atoms with Crippen LogP contribution in [0.25, 0.3) is 43.7 Å². The number of aryl methyl sites for hydroxylation is 4. The van der Waals surface area contributed by atoms with E-state index >= 15 is 0 Å². The molecule has 0 fully saturated rings. The number of hydrogen-bond donors (Lipinski definition) is 0. The fourth-order valence-corrected chi connectivity index (χ4v) is 4.50. The number of hydrogen-bond acceptors (Lipinski definition) is 1. The smallest absolute Gasteiger partial charge is 0.289 e. The van der Waals surface area contributed by atoms with E-state index in [4.69, 9.17) is 0 Å². The zero-order valence-corrected chi connectivity index (χ0v) is 16.5. The summed E-state index contributed by atoms with van der Waals surface area (Å²) in [7, 11) is 1.74. The Kier molecular flexibility index (Phi) is 3.57. The van der Waals surface area contributed by atoms with Gasteiger partial charge in [-0.25, -0.2) is 4.98 Å². The molecule has 0 saturated heterocycles. The Balaban J connectivity index is 2.09. The zero-order chi connectivity index (χ0) is 19.6. The van der Waals surface area contributed by atoms with Gasteiger partial charge in [-0.15, -0.1) is 0 Å². The van der Waals surface area contributed by atoms with Crippen LogP contribution < -0.4 is 0 Å². The average molecular weight is 368 g/mol. The second-order valence-corrected chi connectivity index (χ2v) is 7.68. The lowest BCUT2D eigenvalue weighted by molar-refractivity contribution is 0.507. The first-order chi connectivity index (χ1) is 13.5. The van der Waals surface area contributed by atoms with E-state index in [0.717, 1.165) is 32.6 Å². The molecular weight excluding hydrogens is 347 g/mol. The third-order valence-corrected chi connectivity index (χ3v) is 5.81. The molecule has 28 heavy (non-hydrogen) atoms. The predicted molar refractivity (Wildman–Crippen MR) is 115 cm³/mol. The van der Waals surface area contributed by atoms with Gasteiger partial charge in [0.1, 0.15) is 5.52 Å². The van der Waals surface area contributed by atoms with Gasteiger partial charge in [-0.3, -0.25) is 0 Å². The van der Waals surface area contributed by atoms with Gasteiger partial charge in [0.05, 0.1) is 5.52 Å². The summed E-state index contributed by atoms with van der Waals surface area (Å²) in [5, 5.41) is 4.30. The van der Waals surface area contributed by atoms with Crippen molar-refractivity contribution in [3.05, 3.63) is 77.4 Å². The van der Waals surface area contributed by atoms with Gasteiger partial charge < -0.3 is 4.57 Å². The third-order valence-electron chi connectivity index (χ3n) is 5.81. The van der Waals surface area contributed by atoms with Crippen LogP contribution in [-0.2, 0) is 7.05 Å². The van der Waals surface area contributed by atoms with E-state index in [1.54, 1.807) is 11.6 Å². The highest BCUT2D eigenvalue weighted by Crippen LogP contribution is 2.42. The molecule has 0 aliphatic heterocycles. The van der Waals surface area contributed by atoms with E-state index in [2.05, 4.69) is 74.3 Å². The van der Waals surface area contributed by atoms with E-state index in [-0.39, 0.29) is 0 Å². The maximum atomic E-state index is 14.5. The van der Waals surface area contributed by atoms with Crippen LogP contribution in [0.1, 0.15) is 16.7 Å². The van der Waals surface area contributed by atoms with Crippen molar-refractivity contribution in [3.8, 4) is 11.1 Å². The van der Waals surface area contributed by atoms with Crippen LogP contribution in [0.5, 0.6) is 0 Å². The van der Waals surface area contributed by atoms with Crippen LogP contribution in [0, 0.1) is 26.8 Å². The minimum atomic E-state index is -0.457. The van der Waals surface area contributed by atoms with Crippen molar-refractivity contribution in [2.75, 3.05) is 0 Å². The highest BCUT2D eigenvalue weighted by Gasteiger charge is 2.19. The normalized spacial score (nSPS) is 11.8. The van der Waals surface area contributed by atoms with Gasteiger partial charge in [-0.2, -0.15) is 4.39 Å². The van der Waals surface area contributed by atoms with Crippen molar-refractivity contribution in [1.82, 2.24) is 9.55 Å². The van der Waals surface area contributed by atoms with Crippen LogP contribution in [0.3, 0.4) is 0 Å². The molecule has 0 radical (unpaired) electrons. The second kappa shape index (κ2) is 5.90. The Morgan fingerprint density at radius 3 is 2.32 bits per heavy atom. The van der Waals surface area contributed by atoms with Crippen molar-refractivity contribution < 1.29 is 4.39 Å². The van der Waals surface area contributed by atoms with E-state index in [1.165, 1.54) is 27.8 Å². The molecule has 5 rings (SSSR count). The highest BCUT2D eigenvalue weighted by molar-refractivity contribution is 6.27. The second-order valence-electron chi connectivity index (χ2n) is 7.68. The van der Waals surface area contributed by atoms with Gasteiger partial charge in [0.25, 0.3) is 6.08 Å². The van der Waals surface area contributed by atoms with Crippen LogP contribution in [0.2, 0.25) is 0 Å². The molecule has 0 aliphatic rings. The van der Waals surface area contributed by atoms with Gasteiger partial charge in [0.2, 0.25) is 0 Å². The molecule has 0 aliphatic carbocycles. The molecule has 0 N–H and O–H groups in total. The van der Waals surface area contributed by atoms with Crippen molar-refractivity contribution in [2.45, 2.75) is 20.8 Å². The van der Waals surface area contributed by atoms with E-state index in [0.29, 0.717) is 0 Å². The molecule has 4 aromatic carbocycles. The number of fused-ring (bicyclic) bond motifs is 6. The topological polar surface area (TPSA) is 17.8 Å². The summed E-state index contributed by atoms with van der Waals surface area (Å²) in [5.41, 5.74) is 7.69. The van der Waals surface area contributed by atoms with Gasteiger partial charge in [0.15, 0.2) is 0 Å². The number of rotatable bonds is 1. The molecule has 138 valence electrons. The van der Waals surface area contributed by atoms with Crippen molar-refractivity contribution >= 4 is 32.6 Å². The average Bonchev–Trinajstić information content (AvgIpc) is 2.97. The lowest BCUT2D eigenvalue weighted by Gasteiger charge is -2.17. The molecule has 0 spiro atoms. The molecule has 0 saturated carbocycles. The Morgan fingerprint density at radius 1 is 0.821 bits per heavy atom. The maximum Gasteiger partial charge on any atom is 0.289 e. The molecular formula is C25H21FN2. The summed E-state index contributed by atoms with van der Waals surface area (Å²) in [6, 6.07) is 19.0. The molecule has 5 aromatic rings. The fourth-order valence-electron chi connectivity index (χ4n) is 4.50. The fraction of sp³-hybridized carbons (Fsp3) is 0.160. The molecule has 2 nitrogen and oxygen atoms in total. The lowest BCUT2D eigenvalue weighted by Crippen LogP contribution is -1.94. The van der Waals surface area contributed by atoms with Crippen molar-refractivity contribution in [3.63, 3.8) is 0 Å². The summed E-state index contributed by atoms with van der Waals surface area (Å²) in [5.74, 6) is 0. The van der Waals surface area contributed by atoms with Gasteiger partial charge in [-0.05, 0) is 53.8 Å². The molecule has 0 atom stereocenters. The summed E-state index contributed by atoms with van der Waals surface area (Å²) >= 11 is 0. The SMILES string of the molecule is Cc1ccc(-c2c(C)ccc3c4nc(F)n(C)c4c4ccccc4c23)c(C)c1. The summed E-state index contributed by atoms with van der Waals surface area (Å²) in [6.07, 6.45) is -0.457. The van der Waals surface area contributed by atoms with Crippen LogP contribution in [-0.4, -0.2) is 9.55 Å². The number of halogens is 1. The number of benzene rings is 4. The Bertz CT molecular complexity index is 1410. The predicted octanol–water partition coefficient (Wildman–Crippen LogP) is 6.61. The van der Waals surface area contributed by atoms with Gasteiger partial charge in [-0.1, -0.05) is 60.2 Å². The molecule has 0 bridgehead atoms. The summed E-state index contributed by atoms with van der Waals surface area (Å²) in [4.78, 5) is 4.29. The number of aromatic nitrogens is 2. The first-order valence-electron chi connectivity index (χ1n) is 9.51. The Labute approximate surface area is 163 Å². The molecule has 1 heterocycles. The number of imidazole rings is 1. The molecule has 1 aromatic heterocycles. The quantitative estimate of drug-likeness (QED) is 0.304. The monoisotopic (exact) mass is 368 g/mol. The third kappa shape index (κ3) is 2.22. The Morgan fingerprint density at radius 2 is 1.57 bits per heavy atom. The number of nitrogens with zero attached hydrogens (tertiary/aromatic N) is 2. The zero-order valence-electron chi connectivity index (χ0n) is 16.5. The maximum absolute atomic E-state index is 14.5. The minimum Gasteiger partial charge on any atom is -0.303 e. The standard InChI is InChI=1S/C25H21FN2/c1-14-9-11-17(16(3)13-14)21-15(2)10-12-20-22(21)18-7-5-6-8-19(18)24-23(20)27-25(26)28(24)4/h5-13H,1-4H3. The van der Waals surface area contributed by atoms with Crippen molar-refractivity contribution in [1.29, 1.82) is 0 Å². The summed E-state index contributed by atoms with van der Waals surface area (Å²) in [6.45, 7) is 6.41. The van der Waals surface area contributed by atoms with Crippen molar-refractivity contribution in [2.24, 2.45) is 7.05 Å². The van der Waals surface area contributed by atoms with E-state index in [1.807, 2.05) is 6.07 Å². The lowest BCUT2D eigenvalue weighted by atomic mass is 9.87. The van der Waals surface area contributed by atoms with E-state index in [9.17, 15) is 4.39 Å². The van der Waals surface area contributed by atoms with Crippen LogP contribution >= 0.6 is 0 Å². The first kappa shape index (κ1) is 16.9. The largest absolute Gasteiger partial charge is 0.303 e. The van der Waals surface area contributed by atoms with Gasteiger partial charge >= 0.3 is 0 Å². The van der Waals surface area contributed by atoms with Gasteiger partial charge in [0, 0.05) is 17.8 Å². The molecule has 3 heteroatoms. The first-order valence-corrected chi connectivity index (χ1v) is 9.51. The Hall–Kier alpha value is -3.20. The molecule has 0 amide bonds. The summed E-state index contributed by atoms with van der Waals surface area (Å²) < 4.78 is 16.0. The minimum absolute atomic E-state index is 0.457. The molecule has 0 unspecified atom stereocenters. The van der Waals surface area contributed by atoms with Crippen LogP contribution in [0.15, 0.2) is 54.6 Å².